The molecule has 2 aromatic rings. The molecule has 2 amide bonds. The highest BCUT2D eigenvalue weighted by Gasteiger charge is 2.26. The monoisotopic (exact) mass is 315 g/mol. The molecule has 1 fully saturated rings. The number of aryl methyl sites for hydroxylation is 1. The number of carbonyl (C=O) groups is 2. The molecule has 0 bridgehead atoms. The number of amides is 2. The minimum absolute atomic E-state index is 0.0188. The number of hydrogen-bond donors (Lipinski definition) is 0. The number of carbonyl (C=O) groups excluding carboxylic acids is 2. The van der Waals surface area contributed by atoms with Gasteiger partial charge in [-0.15, -0.1) is 0 Å². The molecular formula is C17H21N3O3. The third-order valence-corrected chi connectivity index (χ3v) is 4.25. The third-order valence-electron chi connectivity index (χ3n) is 4.25. The van der Waals surface area contributed by atoms with Crippen LogP contribution in [0.25, 0.3) is 10.9 Å². The van der Waals surface area contributed by atoms with E-state index in [9.17, 15) is 9.59 Å². The molecule has 1 aromatic carbocycles. The van der Waals surface area contributed by atoms with E-state index in [-0.39, 0.29) is 12.0 Å². The molecule has 6 nitrogen and oxygen atoms in total. The van der Waals surface area contributed by atoms with Gasteiger partial charge >= 0.3 is 6.09 Å². The normalized spacial score (nSPS) is 15.0. The lowest BCUT2D eigenvalue weighted by Gasteiger charge is -2.34. The van der Waals surface area contributed by atoms with E-state index in [0.717, 1.165) is 10.9 Å². The molecule has 0 saturated carbocycles. The van der Waals surface area contributed by atoms with E-state index in [2.05, 4.69) is 0 Å². The smallest absolute Gasteiger partial charge is 0.409 e. The lowest BCUT2D eigenvalue weighted by molar-refractivity contribution is 0.0572. The van der Waals surface area contributed by atoms with Crippen LogP contribution in [0, 0.1) is 0 Å². The highest BCUT2D eigenvalue weighted by Crippen LogP contribution is 2.21. The van der Waals surface area contributed by atoms with Crippen LogP contribution in [0.15, 0.2) is 30.5 Å². The van der Waals surface area contributed by atoms with Crippen molar-refractivity contribution in [2.75, 3.05) is 32.8 Å². The van der Waals surface area contributed by atoms with E-state index < -0.39 is 0 Å². The van der Waals surface area contributed by atoms with Gasteiger partial charge in [0.25, 0.3) is 5.91 Å². The summed E-state index contributed by atoms with van der Waals surface area (Å²) in [6.45, 7) is 4.23. The summed E-state index contributed by atoms with van der Waals surface area (Å²) in [5.41, 5.74) is 1.76. The molecule has 1 aromatic heterocycles. The number of fused-ring (bicyclic) bond motifs is 1. The topological polar surface area (TPSA) is 54.8 Å². The van der Waals surface area contributed by atoms with Crippen LogP contribution in [0.4, 0.5) is 4.79 Å². The van der Waals surface area contributed by atoms with E-state index in [1.54, 1.807) is 16.7 Å². The second kappa shape index (κ2) is 6.32. The maximum absolute atomic E-state index is 12.8. The van der Waals surface area contributed by atoms with Crippen LogP contribution < -0.4 is 0 Å². The predicted octanol–water partition coefficient (Wildman–Crippen LogP) is 2.09. The summed E-state index contributed by atoms with van der Waals surface area (Å²) >= 11 is 0. The third kappa shape index (κ3) is 2.88. The fraction of sp³-hybridized carbons (Fsp3) is 0.412. The minimum atomic E-state index is -0.301. The van der Waals surface area contributed by atoms with Crippen molar-refractivity contribution in [1.82, 2.24) is 14.4 Å². The molecule has 1 saturated heterocycles. The van der Waals surface area contributed by atoms with Crippen molar-refractivity contribution >= 4 is 22.9 Å². The molecule has 0 radical (unpaired) electrons. The van der Waals surface area contributed by atoms with Crippen molar-refractivity contribution in [2.45, 2.75) is 6.92 Å². The van der Waals surface area contributed by atoms with Gasteiger partial charge in [0.1, 0.15) is 0 Å². The molecule has 3 rings (SSSR count). The van der Waals surface area contributed by atoms with Gasteiger partial charge in [0, 0.05) is 55.9 Å². The highest BCUT2D eigenvalue weighted by molar-refractivity contribution is 6.06. The Labute approximate surface area is 135 Å². The van der Waals surface area contributed by atoms with Gasteiger partial charge in [-0.1, -0.05) is 6.07 Å². The molecule has 1 aliphatic rings. The minimum Gasteiger partial charge on any atom is -0.450 e. The van der Waals surface area contributed by atoms with Gasteiger partial charge in [-0.05, 0) is 25.1 Å². The first-order valence-corrected chi connectivity index (χ1v) is 7.87. The summed E-state index contributed by atoms with van der Waals surface area (Å²) in [6.07, 6.45) is 1.66. The highest BCUT2D eigenvalue weighted by atomic mass is 16.6. The average molecular weight is 315 g/mol. The predicted molar refractivity (Wildman–Crippen MR) is 87.4 cm³/mol. The molecule has 1 aliphatic heterocycles. The number of rotatable bonds is 2. The number of nitrogens with zero attached hydrogens (tertiary/aromatic N) is 3. The van der Waals surface area contributed by atoms with Crippen LogP contribution in [0.2, 0.25) is 0 Å². The molecule has 0 unspecified atom stereocenters. The van der Waals surface area contributed by atoms with Crippen LogP contribution in [0.5, 0.6) is 0 Å². The second-order valence-corrected chi connectivity index (χ2v) is 5.64. The van der Waals surface area contributed by atoms with Gasteiger partial charge in [-0.2, -0.15) is 0 Å². The van der Waals surface area contributed by atoms with E-state index in [4.69, 9.17) is 4.74 Å². The summed E-state index contributed by atoms with van der Waals surface area (Å²) in [5, 5.41) is 0.966. The zero-order valence-electron chi connectivity index (χ0n) is 13.5. The summed E-state index contributed by atoms with van der Waals surface area (Å²) in [7, 11) is 1.97. The number of hydrogen-bond acceptors (Lipinski definition) is 3. The zero-order valence-corrected chi connectivity index (χ0v) is 13.5. The van der Waals surface area contributed by atoms with Crippen LogP contribution in [0.1, 0.15) is 17.3 Å². The Kier molecular flexibility index (Phi) is 4.23. The Balaban J connectivity index is 1.73. The largest absolute Gasteiger partial charge is 0.450 e. The Morgan fingerprint density at radius 1 is 1.09 bits per heavy atom. The number of ether oxygens (including phenoxy) is 1. The van der Waals surface area contributed by atoms with E-state index in [1.807, 2.05) is 42.1 Å². The first-order chi connectivity index (χ1) is 11.1. The molecule has 23 heavy (non-hydrogen) atoms. The van der Waals surface area contributed by atoms with Crippen LogP contribution >= 0.6 is 0 Å². The van der Waals surface area contributed by atoms with Gasteiger partial charge in [0.2, 0.25) is 0 Å². The Bertz CT molecular complexity index is 730. The molecule has 0 N–H and O–H groups in total. The molecule has 6 heteroatoms. The lowest BCUT2D eigenvalue weighted by atomic mass is 10.1. The lowest BCUT2D eigenvalue weighted by Crippen LogP contribution is -2.50. The summed E-state index contributed by atoms with van der Waals surface area (Å²) in [6, 6.07) is 7.75. The molecular weight excluding hydrogens is 294 g/mol. The van der Waals surface area contributed by atoms with Gasteiger partial charge in [0.05, 0.1) is 6.61 Å². The second-order valence-electron chi connectivity index (χ2n) is 5.64. The maximum Gasteiger partial charge on any atom is 0.409 e. The first-order valence-electron chi connectivity index (χ1n) is 7.87. The Hall–Kier alpha value is -2.50. The SMILES string of the molecule is CCOC(=O)N1CCN(C(=O)c2cccc3c2ccn3C)CC1. The molecule has 122 valence electrons. The molecule has 0 spiro atoms. The molecule has 0 atom stereocenters. The number of aromatic nitrogens is 1. The van der Waals surface area contributed by atoms with Crippen molar-refractivity contribution < 1.29 is 14.3 Å². The van der Waals surface area contributed by atoms with Crippen molar-refractivity contribution in [3.63, 3.8) is 0 Å². The van der Waals surface area contributed by atoms with Crippen molar-refractivity contribution in [2.24, 2.45) is 7.05 Å². The van der Waals surface area contributed by atoms with Crippen LogP contribution in [0.3, 0.4) is 0 Å². The van der Waals surface area contributed by atoms with Crippen molar-refractivity contribution in [3.05, 3.63) is 36.0 Å². The van der Waals surface area contributed by atoms with Crippen LogP contribution in [-0.4, -0.2) is 59.2 Å². The standard InChI is InChI=1S/C17H21N3O3/c1-3-23-17(22)20-11-9-19(10-12-20)16(21)14-5-4-6-15-13(14)7-8-18(15)2/h4-8H,3,9-12H2,1-2H3. The molecule has 0 aliphatic carbocycles. The van der Waals surface area contributed by atoms with Gasteiger partial charge in [0.15, 0.2) is 0 Å². The van der Waals surface area contributed by atoms with E-state index in [0.29, 0.717) is 38.3 Å². The van der Waals surface area contributed by atoms with Gasteiger partial charge in [-0.25, -0.2) is 4.79 Å². The zero-order chi connectivity index (χ0) is 16.4. The summed E-state index contributed by atoms with van der Waals surface area (Å²) < 4.78 is 7.01. The maximum atomic E-state index is 12.8. The summed E-state index contributed by atoms with van der Waals surface area (Å²) in [5.74, 6) is 0.0188. The number of benzene rings is 1. The summed E-state index contributed by atoms with van der Waals surface area (Å²) in [4.78, 5) is 28.0. The van der Waals surface area contributed by atoms with E-state index >= 15 is 0 Å². The number of piperazine rings is 1. The Morgan fingerprint density at radius 2 is 1.78 bits per heavy atom. The molecule has 2 heterocycles. The van der Waals surface area contributed by atoms with Gasteiger partial charge in [-0.3, -0.25) is 4.79 Å². The van der Waals surface area contributed by atoms with Crippen molar-refractivity contribution in [3.8, 4) is 0 Å². The fourth-order valence-electron chi connectivity index (χ4n) is 2.97. The fourth-order valence-corrected chi connectivity index (χ4v) is 2.97. The quantitative estimate of drug-likeness (QED) is 0.853. The Morgan fingerprint density at radius 3 is 2.48 bits per heavy atom. The van der Waals surface area contributed by atoms with Crippen LogP contribution in [-0.2, 0) is 11.8 Å². The first kappa shape index (κ1) is 15.4. The average Bonchev–Trinajstić information content (AvgIpc) is 2.96. The van der Waals surface area contributed by atoms with Crippen molar-refractivity contribution in [1.29, 1.82) is 0 Å². The van der Waals surface area contributed by atoms with Gasteiger partial charge < -0.3 is 19.1 Å². The van der Waals surface area contributed by atoms with E-state index in [1.165, 1.54) is 0 Å².